The van der Waals surface area contributed by atoms with Crippen LogP contribution in [0, 0.1) is 17.7 Å². The number of H-pyrrole nitrogens is 1. The predicted molar refractivity (Wildman–Crippen MR) is 154 cm³/mol. The standard InChI is InChI=1S/C32H23FN4O3S/c33-28-8-3-22(4-9-28)1-6-26-19-27(32(38)36-20-23-12-15-37-16-14-35-31(37)18-23)7-10-30(26)41(39,40)21-24-2-5-25-11-13-34-29(25)17-24/h2-5,7-19,34H,20-21H2,(H,36,38). The maximum absolute atomic E-state index is 13.6. The van der Waals surface area contributed by atoms with E-state index in [9.17, 15) is 17.6 Å². The SMILES string of the molecule is O=C(NCc1ccn2ccnc2c1)c1ccc(S(=O)(=O)Cc2ccc3cc[nH]c3c2)c(C#Cc2ccc(F)cc2)c1. The van der Waals surface area contributed by atoms with E-state index in [0.29, 0.717) is 11.1 Å². The molecular formula is C32H23FN4O3S. The van der Waals surface area contributed by atoms with E-state index in [1.807, 2.05) is 41.1 Å². The van der Waals surface area contributed by atoms with Crippen molar-refractivity contribution >= 4 is 32.3 Å². The minimum Gasteiger partial charge on any atom is -0.361 e. The molecule has 3 aromatic carbocycles. The summed E-state index contributed by atoms with van der Waals surface area (Å²) in [4.78, 5) is 20.4. The Labute approximate surface area is 235 Å². The molecule has 1 amide bonds. The van der Waals surface area contributed by atoms with Crippen LogP contribution in [0.3, 0.4) is 0 Å². The Morgan fingerprint density at radius 2 is 1.78 bits per heavy atom. The molecule has 0 radical (unpaired) electrons. The molecule has 9 heteroatoms. The van der Waals surface area contributed by atoms with Gasteiger partial charge >= 0.3 is 0 Å². The molecule has 0 atom stereocenters. The summed E-state index contributed by atoms with van der Waals surface area (Å²) in [6.45, 7) is 0.264. The molecule has 0 aliphatic rings. The number of halogens is 1. The number of pyridine rings is 1. The second kappa shape index (κ2) is 10.8. The number of rotatable bonds is 6. The third-order valence-corrected chi connectivity index (χ3v) is 8.39. The summed E-state index contributed by atoms with van der Waals surface area (Å²) in [6, 6.07) is 21.1. The zero-order chi connectivity index (χ0) is 28.4. The van der Waals surface area contributed by atoms with Crippen molar-refractivity contribution in [1.82, 2.24) is 19.7 Å². The molecule has 0 saturated carbocycles. The minimum atomic E-state index is -3.84. The van der Waals surface area contributed by atoms with Gasteiger partial charge in [-0.1, -0.05) is 24.0 Å². The number of hydrogen-bond donors (Lipinski definition) is 2. The van der Waals surface area contributed by atoms with Gasteiger partial charge in [-0.25, -0.2) is 17.8 Å². The zero-order valence-corrected chi connectivity index (χ0v) is 22.5. The number of imidazole rings is 1. The number of carbonyl (C=O) groups is 1. The van der Waals surface area contributed by atoms with Gasteiger partial charge in [0.25, 0.3) is 5.91 Å². The lowest BCUT2D eigenvalue weighted by molar-refractivity contribution is 0.0950. The summed E-state index contributed by atoms with van der Waals surface area (Å²) >= 11 is 0. The molecule has 0 bridgehead atoms. The van der Waals surface area contributed by atoms with E-state index in [1.54, 1.807) is 24.5 Å². The Balaban J connectivity index is 1.30. The lowest BCUT2D eigenvalue weighted by Gasteiger charge is -2.11. The van der Waals surface area contributed by atoms with Crippen molar-refractivity contribution in [2.75, 3.05) is 0 Å². The Morgan fingerprint density at radius 3 is 2.63 bits per heavy atom. The highest BCUT2D eigenvalue weighted by Gasteiger charge is 2.21. The number of aromatic amines is 1. The molecule has 6 aromatic rings. The Kier molecular flexibility index (Phi) is 6.83. The van der Waals surface area contributed by atoms with Crippen LogP contribution >= 0.6 is 0 Å². The second-order valence-corrected chi connectivity index (χ2v) is 11.5. The molecule has 3 heterocycles. The topological polar surface area (TPSA) is 96.3 Å². The third kappa shape index (κ3) is 5.73. The van der Waals surface area contributed by atoms with Crippen LogP contribution in [0.1, 0.15) is 32.6 Å². The number of aromatic nitrogens is 3. The van der Waals surface area contributed by atoms with Gasteiger partial charge in [-0.3, -0.25) is 4.79 Å². The number of sulfone groups is 1. The average Bonchev–Trinajstić information content (AvgIpc) is 3.64. The van der Waals surface area contributed by atoms with Gasteiger partial charge in [0.1, 0.15) is 11.5 Å². The molecule has 0 unspecified atom stereocenters. The largest absolute Gasteiger partial charge is 0.361 e. The molecule has 202 valence electrons. The van der Waals surface area contributed by atoms with Gasteiger partial charge in [0, 0.05) is 53.5 Å². The molecular weight excluding hydrogens is 539 g/mol. The van der Waals surface area contributed by atoms with Crippen molar-refractivity contribution in [2.24, 2.45) is 0 Å². The summed E-state index contributed by atoms with van der Waals surface area (Å²) < 4.78 is 42.4. The van der Waals surface area contributed by atoms with E-state index >= 15 is 0 Å². The smallest absolute Gasteiger partial charge is 0.251 e. The Morgan fingerprint density at radius 1 is 0.927 bits per heavy atom. The number of hydrogen-bond acceptors (Lipinski definition) is 4. The van der Waals surface area contributed by atoms with E-state index in [-0.39, 0.29) is 34.2 Å². The summed E-state index contributed by atoms with van der Waals surface area (Å²) in [7, 11) is -3.84. The van der Waals surface area contributed by atoms with E-state index in [4.69, 9.17) is 0 Å². The maximum Gasteiger partial charge on any atom is 0.251 e. The summed E-state index contributed by atoms with van der Waals surface area (Å²) in [5.41, 5.74) is 4.05. The number of carbonyl (C=O) groups excluding carboxylic acids is 1. The van der Waals surface area contributed by atoms with Crippen LogP contribution in [0.25, 0.3) is 16.6 Å². The minimum absolute atomic E-state index is 0.0139. The molecule has 0 aliphatic heterocycles. The number of nitrogens with one attached hydrogen (secondary N) is 2. The molecule has 3 aromatic heterocycles. The monoisotopic (exact) mass is 562 g/mol. The van der Waals surface area contributed by atoms with Gasteiger partial charge in [0.15, 0.2) is 9.84 Å². The summed E-state index contributed by atoms with van der Waals surface area (Å²) in [6.07, 6.45) is 7.19. The number of benzene rings is 3. The van der Waals surface area contributed by atoms with Crippen molar-refractivity contribution < 1.29 is 17.6 Å². The third-order valence-electron chi connectivity index (χ3n) is 6.65. The van der Waals surface area contributed by atoms with Gasteiger partial charge in [0.2, 0.25) is 0 Å². The van der Waals surface area contributed by atoms with Crippen LogP contribution in [0.4, 0.5) is 4.39 Å². The highest BCUT2D eigenvalue weighted by Crippen LogP contribution is 2.24. The Hall–Kier alpha value is -5.20. The second-order valence-electron chi connectivity index (χ2n) is 9.54. The summed E-state index contributed by atoms with van der Waals surface area (Å²) in [5.74, 6) is 4.78. The van der Waals surface area contributed by atoms with Gasteiger partial charge in [-0.2, -0.15) is 0 Å². The lowest BCUT2D eigenvalue weighted by Crippen LogP contribution is -2.23. The highest BCUT2D eigenvalue weighted by atomic mass is 32.2. The molecule has 2 N–H and O–H groups in total. The number of nitrogens with zero attached hydrogens (tertiary/aromatic N) is 2. The van der Waals surface area contributed by atoms with Crippen LogP contribution < -0.4 is 5.32 Å². The molecule has 41 heavy (non-hydrogen) atoms. The number of amides is 1. The van der Waals surface area contributed by atoms with E-state index in [0.717, 1.165) is 22.1 Å². The zero-order valence-electron chi connectivity index (χ0n) is 21.6. The van der Waals surface area contributed by atoms with Crippen LogP contribution in [0.2, 0.25) is 0 Å². The van der Waals surface area contributed by atoms with Crippen LogP contribution in [-0.2, 0) is 22.1 Å². The Bertz CT molecular complexity index is 2080. The van der Waals surface area contributed by atoms with Crippen molar-refractivity contribution in [3.8, 4) is 11.8 Å². The van der Waals surface area contributed by atoms with Gasteiger partial charge in [-0.05, 0) is 83.2 Å². The fourth-order valence-corrected chi connectivity index (χ4v) is 6.04. The first-order chi connectivity index (χ1) is 19.8. The van der Waals surface area contributed by atoms with Crippen molar-refractivity contribution in [3.05, 3.63) is 137 Å². The van der Waals surface area contributed by atoms with Crippen molar-refractivity contribution in [1.29, 1.82) is 0 Å². The number of fused-ring (bicyclic) bond motifs is 2. The van der Waals surface area contributed by atoms with Crippen molar-refractivity contribution in [3.63, 3.8) is 0 Å². The van der Waals surface area contributed by atoms with Crippen LogP contribution in [0.5, 0.6) is 0 Å². The fraction of sp³-hybridized carbons (Fsp3) is 0.0625. The van der Waals surface area contributed by atoms with E-state index in [1.165, 1.54) is 42.5 Å². The lowest BCUT2D eigenvalue weighted by atomic mass is 10.1. The molecule has 0 saturated heterocycles. The predicted octanol–water partition coefficient (Wildman–Crippen LogP) is 5.26. The molecule has 0 spiro atoms. The maximum atomic E-state index is 13.6. The average molecular weight is 563 g/mol. The molecule has 7 nitrogen and oxygen atoms in total. The van der Waals surface area contributed by atoms with Crippen LogP contribution in [-0.4, -0.2) is 28.7 Å². The first-order valence-corrected chi connectivity index (χ1v) is 14.4. The quantitative estimate of drug-likeness (QED) is 0.271. The normalized spacial score (nSPS) is 11.3. The highest BCUT2D eigenvalue weighted by molar-refractivity contribution is 7.90. The van der Waals surface area contributed by atoms with Gasteiger partial charge in [-0.15, -0.1) is 0 Å². The summed E-state index contributed by atoms with van der Waals surface area (Å²) in [5, 5.41) is 3.86. The van der Waals surface area contributed by atoms with Crippen LogP contribution in [0.15, 0.2) is 109 Å². The molecule has 6 rings (SSSR count). The fourth-order valence-electron chi connectivity index (χ4n) is 4.54. The van der Waals surface area contributed by atoms with E-state index in [2.05, 4.69) is 27.1 Å². The van der Waals surface area contributed by atoms with Gasteiger partial charge in [0.05, 0.1) is 10.6 Å². The first kappa shape index (κ1) is 26.0. The molecule has 0 fully saturated rings. The van der Waals surface area contributed by atoms with E-state index < -0.39 is 15.7 Å². The van der Waals surface area contributed by atoms with Gasteiger partial charge < -0.3 is 14.7 Å². The first-order valence-electron chi connectivity index (χ1n) is 12.7. The molecule has 0 aliphatic carbocycles. The van der Waals surface area contributed by atoms with Crippen molar-refractivity contribution in [2.45, 2.75) is 17.2 Å².